The highest BCUT2D eigenvalue weighted by atomic mass is 19.4. The van der Waals surface area contributed by atoms with Gasteiger partial charge in [-0.15, -0.1) is 0 Å². The molecule has 3 aliphatic rings. The van der Waals surface area contributed by atoms with Gasteiger partial charge in [0.1, 0.15) is 0 Å². The smallest absolute Gasteiger partial charge is 0.381 e. The van der Waals surface area contributed by atoms with Crippen LogP contribution in [0.15, 0.2) is 42.5 Å². The Balaban J connectivity index is 1.47. The van der Waals surface area contributed by atoms with Crippen molar-refractivity contribution in [2.45, 2.75) is 56.5 Å². The van der Waals surface area contributed by atoms with E-state index in [1.165, 1.54) is 12.1 Å². The first-order valence-corrected chi connectivity index (χ1v) is 12.1. The molecule has 1 saturated heterocycles. The van der Waals surface area contributed by atoms with Crippen molar-refractivity contribution in [3.8, 4) is 0 Å². The number of nitrogens with zero attached hydrogens (tertiary/aromatic N) is 1. The molecular formula is C26H36F3N3O. The van der Waals surface area contributed by atoms with Crippen molar-refractivity contribution in [2.24, 2.45) is 11.8 Å². The third-order valence-corrected chi connectivity index (χ3v) is 7.07. The molecule has 0 saturated carbocycles. The summed E-state index contributed by atoms with van der Waals surface area (Å²) in [4.78, 5) is 2.18. The van der Waals surface area contributed by atoms with E-state index in [0.717, 1.165) is 57.4 Å². The van der Waals surface area contributed by atoms with E-state index in [9.17, 15) is 13.2 Å². The number of ether oxygens (including phenoxy) is 1. The number of fused-ring (bicyclic) bond motifs is 3. The summed E-state index contributed by atoms with van der Waals surface area (Å²) < 4.78 is 46.9. The van der Waals surface area contributed by atoms with Gasteiger partial charge in [-0.1, -0.05) is 24.3 Å². The zero-order valence-corrected chi connectivity index (χ0v) is 19.6. The number of halogens is 3. The van der Waals surface area contributed by atoms with Crippen LogP contribution in [0.5, 0.6) is 0 Å². The first-order valence-electron chi connectivity index (χ1n) is 12.1. The molecule has 1 aliphatic carbocycles. The van der Waals surface area contributed by atoms with Gasteiger partial charge < -0.3 is 20.3 Å². The number of alkyl halides is 3. The molecule has 182 valence electrons. The summed E-state index contributed by atoms with van der Waals surface area (Å²) in [5.74, 6) is 0.464. The predicted octanol–water partition coefficient (Wildman–Crippen LogP) is 5.40. The molecule has 2 heterocycles. The number of rotatable bonds is 8. The fourth-order valence-electron chi connectivity index (χ4n) is 5.35. The van der Waals surface area contributed by atoms with Gasteiger partial charge in [0.25, 0.3) is 0 Å². The Hall–Kier alpha value is -1.83. The Kier molecular flexibility index (Phi) is 7.82. The van der Waals surface area contributed by atoms with Crippen LogP contribution in [0.2, 0.25) is 0 Å². The molecule has 1 unspecified atom stereocenters. The van der Waals surface area contributed by atoms with Gasteiger partial charge in [-0.2, -0.15) is 13.2 Å². The zero-order valence-electron chi connectivity index (χ0n) is 19.6. The van der Waals surface area contributed by atoms with Gasteiger partial charge in [-0.05, 0) is 77.5 Å². The second kappa shape index (κ2) is 10.6. The van der Waals surface area contributed by atoms with Crippen LogP contribution in [0.25, 0.3) is 0 Å². The molecule has 0 bridgehead atoms. The van der Waals surface area contributed by atoms with E-state index in [2.05, 4.69) is 53.9 Å². The molecule has 4 rings (SSSR count). The molecule has 2 N–H and O–H groups in total. The van der Waals surface area contributed by atoms with Gasteiger partial charge in [-0.3, -0.25) is 0 Å². The highest BCUT2D eigenvalue weighted by Gasteiger charge is 2.44. The van der Waals surface area contributed by atoms with Crippen molar-refractivity contribution in [2.75, 3.05) is 39.0 Å². The molecule has 0 aromatic heterocycles. The summed E-state index contributed by atoms with van der Waals surface area (Å²) in [5.41, 5.74) is 0.817. The maximum absolute atomic E-state index is 13.5. The van der Waals surface area contributed by atoms with Crippen LogP contribution in [-0.4, -0.2) is 50.8 Å². The highest BCUT2D eigenvalue weighted by Crippen LogP contribution is 2.49. The van der Waals surface area contributed by atoms with E-state index >= 15 is 0 Å². The van der Waals surface area contributed by atoms with Crippen LogP contribution in [0.4, 0.5) is 18.9 Å². The second-order valence-corrected chi connectivity index (χ2v) is 9.82. The van der Waals surface area contributed by atoms with Gasteiger partial charge >= 0.3 is 6.18 Å². The molecule has 33 heavy (non-hydrogen) atoms. The molecule has 0 amide bonds. The van der Waals surface area contributed by atoms with Gasteiger partial charge in [0.05, 0.1) is 17.8 Å². The molecule has 2 aliphatic heterocycles. The number of unbranched alkanes of at least 4 members (excludes halogenated alkanes) is 1. The number of hydrogen-bond donors (Lipinski definition) is 2. The molecule has 0 radical (unpaired) electrons. The molecular weight excluding hydrogens is 427 g/mol. The fraction of sp³-hybridized carbons (Fsp3) is 0.615. The number of nitrogens with one attached hydrogen (secondary N) is 2. The fourth-order valence-corrected chi connectivity index (χ4v) is 5.35. The van der Waals surface area contributed by atoms with Crippen LogP contribution in [0.1, 0.15) is 49.3 Å². The highest BCUT2D eigenvalue weighted by molar-refractivity contribution is 5.58. The average molecular weight is 464 g/mol. The number of allylic oxidation sites excluding steroid dienone is 3. The van der Waals surface area contributed by atoms with Gasteiger partial charge in [0, 0.05) is 35.7 Å². The Bertz CT molecular complexity index is 852. The van der Waals surface area contributed by atoms with Crippen molar-refractivity contribution < 1.29 is 17.9 Å². The van der Waals surface area contributed by atoms with Crippen molar-refractivity contribution >= 4 is 5.69 Å². The van der Waals surface area contributed by atoms with Crippen LogP contribution in [0.3, 0.4) is 0 Å². The minimum Gasteiger partial charge on any atom is -0.381 e. The lowest BCUT2D eigenvalue weighted by atomic mass is 9.73. The van der Waals surface area contributed by atoms with Crippen molar-refractivity contribution in [3.63, 3.8) is 0 Å². The second-order valence-electron chi connectivity index (χ2n) is 9.82. The first kappa shape index (κ1) is 24.3. The van der Waals surface area contributed by atoms with E-state index in [-0.39, 0.29) is 24.2 Å². The Labute approximate surface area is 195 Å². The van der Waals surface area contributed by atoms with Crippen LogP contribution in [-0.2, 0) is 10.9 Å². The number of anilines is 1. The van der Waals surface area contributed by atoms with Crippen LogP contribution in [0, 0.1) is 11.8 Å². The normalized spacial score (nSPS) is 29.0. The monoisotopic (exact) mass is 463 g/mol. The van der Waals surface area contributed by atoms with Crippen molar-refractivity contribution in [1.82, 2.24) is 10.2 Å². The molecule has 1 fully saturated rings. The minimum atomic E-state index is -4.36. The minimum absolute atomic E-state index is 0.0167. The zero-order chi connectivity index (χ0) is 23.4. The predicted molar refractivity (Wildman–Crippen MR) is 126 cm³/mol. The summed E-state index contributed by atoms with van der Waals surface area (Å²) >= 11 is 0. The number of hydrogen-bond acceptors (Lipinski definition) is 4. The third kappa shape index (κ3) is 6.00. The SMILES string of the molecule is CN(C)CCCCNC[C@H]1CC[C@@H]2[C@H](O1)c1cc(C(F)(F)F)ccc1N[C@H]2C1C=CC=CC1. The van der Waals surface area contributed by atoms with E-state index in [4.69, 9.17) is 4.74 Å². The Morgan fingerprint density at radius 3 is 2.73 bits per heavy atom. The summed E-state index contributed by atoms with van der Waals surface area (Å²) in [6.45, 7) is 2.74. The molecule has 5 atom stereocenters. The molecule has 1 aromatic rings. The standard InChI is InChI=1S/C26H36F3N3O/c1-32(2)15-7-6-14-30-17-20-11-12-21-24(18-8-4-3-5-9-18)31-23-13-10-19(26(27,28)29)16-22(23)25(21)33-20/h3-5,8,10,13,16,18,20-21,24-25,30-31H,6-7,9,11-12,14-15,17H2,1-2H3/t18?,20-,21+,24+,25+/m1/s1. The third-order valence-electron chi connectivity index (χ3n) is 7.07. The van der Waals surface area contributed by atoms with E-state index in [1.807, 2.05) is 0 Å². The number of benzene rings is 1. The summed E-state index contributed by atoms with van der Waals surface area (Å²) in [6.07, 6.45) is 8.88. The quantitative estimate of drug-likeness (QED) is 0.506. The van der Waals surface area contributed by atoms with Gasteiger partial charge in [0.15, 0.2) is 0 Å². The maximum Gasteiger partial charge on any atom is 0.416 e. The van der Waals surface area contributed by atoms with Crippen molar-refractivity contribution in [1.29, 1.82) is 0 Å². The Morgan fingerprint density at radius 1 is 1.15 bits per heavy atom. The molecule has 4 nitrogen and oxygen atoms in total. The summed E-state index contributed by atoms with van der Waals surface area (Å²) in [7, 11) is 4.15. The van der Waals surface area contributed by atoms with E-state index in [1.54, 1.807) is 6.07 Å². The van der Waals surface area contributed by atoms with Gasteiger partial charge in [-0.25, -0.2) is 0 Å². The Morgan fingerprint density at radius 2 is 2.00 bits per heavy atom. The van der Waals surface area contributed by atoms with Crippen LogP contribution >= 0.6 is 0 Å². The average Bonchev–Trinajstić information content (AvgIpc) is 2.80. The maximum atomic E-state index is 13.5. The lowest BCUT2D eigenvalue weighted by Crippen LogP contribution is -2.48. The lowest BCUT2D eigenvalue weighted by Gasteiger charge is -2.47. The van der Waals surface area contributed by atoms with E-state index in [0.29, 0.717) is 11.5 Å². The summed E-state index contributed by atoms with van der Waals surface area (Å²) in [5, 5.41) is 7.08. The topological polar surface area (TPSA) is 36.5 Å². The summed E-state index contributed by atoms with van der Waals surface area (Å²) in [6, 6.07) is 4.21. The largest absolute Gasteiger partial charge is 0.416 e. The first-order chi connectivity index (χ1) is 15.8. The van der Waals surface area contributed by atoms with Crippen molar-refractivity contribution in [3.05, 3.63) is 53.6 Å². The lowest BCUT2D eigenvalue weighted by molar-refractivity contribution is -0.138. The molecule has 7 heteroatoms. The molecule has 0 spiro atoms. The van der Waals surface area contributed by atoms with Gasteiger partial charge in [0.2, 0.25) is 0 Å². The van der Waals surface area contributed by atoms with E-state index < -0.39 is 11.7 Å². The van der Waals surface area contributed by atoms with Crippen LogP contribution < -0.4 is 10.6 Å². The molecule has 1 aromatic carbocycles.